The smallest absolute Gasteiger partial charge is 0.245 e. The number of nitrogens with zero attached hydrogens (tertiary/aromatic N) is 1. The molecule has 1 atom stereocenters. The summed E-state index contributed by atoms with van der Waals surface area (Å²) in [5.41, 5.74) is 7.76. The molecule has 20 heavy (non-hydrogen) atoms. The van der Waals surface area contributed by atoms with Crippen LogP contribution in [0.15, 0.2) is 53.0 Å². The zero-order chi connectivity index (χ0) is 14.5. The van der Waals surface area contributed by atoms with Crippen LogP contribution in [0.4, 0.5) is 5.69 Å². The fourth-order valence-corrected chi connectivity index (χ4v) is 2.19. The van der Waals surface area contributed by atoms with Crippen molar-refractivity contribution in [1.82, 2.24) is 0 Å². The number of rotatable bonds is 3. The van der Waals surface area contributed by atoms with E-state index in [-0.39, 0.29) is 5.91 Å². The zero-order valence-corrected chi connectivity index (χ0v) is 12.1. The largest absolute Gasteiger partial charge is 0.323 e. The van der Waals surface area contributed by atoms with E-state index in [9.17, 15) is 4.79 Å². The number of benzene rings is 2. The highest BCUT2D eigenvalue weighted by Crippen LogP contribution is 2.24. The average molecular weight is 330 g/mol. The van der Waals surface area contributed by atoms with Crippen LogP contribution in [0, 0.1) is 11.3 Å². The first-order chi connectivity index (χ1) is 9.61. The second-order valence-corrected chi connectivity index (χ2v) is 5.04. The van der Waals surface area contributed by atoms with E-state index in [1.54, 1.807) is 30.3 Å². The molecule has 2 aromatic rings. The van der Waals surface area contributed by atoms with Crippen LogP contribution in [0.5, 0.6) is 0 Å². The fraction of sp³-hybridized carbons (Fsp3) is 0.0667. The summed E-state index contributed by atoms with van der Waals surface area (Å²) in [5.74, 6) is -0.304. The standard InChI is InChI=1S/C15H12BrN3O/c16-12-8-10(9-17)6-7-13(12)19-15(20)14(18)11-4-2-1-3-5-11/h1-8,14H,18H2,(H,19,20). The van der Waals surface area contributed by atoms with Gasteiger partial charge in [-0.1, -0.05) is 30.3 Å². The van der Waals surface area contributed by atoms with Crippen LogP contribution >= 0.6 is 15.9 Å². The lowest BCUT2D eigenvalue weighted by molar-refractivity contribution is -0.117. The van der Waals surface area contributed by atoms with Gasteiger partial charge in [0.25, 0.3) is 0 Å². The van der Waals surface area contributed by atoms with E-state index in [0.29, 0.717) is 15.7 Å². The Labute approximate surface area is 125 Å². The van der Waals surface area contributed by atoms with E-state index in [0.717, 1.165) is 5.56 Å². The Kier molecular flexibility index (Phi) is 4.51. The number of hydrogen-bond acceptors (Lipinski definition) is 3. The Morgan fingerprint density at radius 2 is 1.95 bits per heavy atom. The second kappa shape index (κ2) is 6.33. The third-order valence-electron chi connectivity index (χ3n) is 2.80. The maximum Gasteiger partial charge on any atom is 0.245 e. The number of anilines is 1. The van der Waals surface area contributed by atoms with Gasteiger partial charge in [-0.2, -0.15) is 5.26 Å². The molecule has 0 saturated carbocycles. The van der Waals surface area contributed by atoms with Crippen LogP contribution in [-0.4, -0.2) is 5.91 Å². The van der Waals surface area contributed by atoms with Gasteiger partial charge in [0.15, 0.2) is 0 Å². The van der Waals surface area contributed by atoms with Crippen molar-refractivity contribution in [2.45, 2.75) is 6.04 Å². The maximum absolute atomic E-state index is 12.1. The first-order valence-corrected chi connectivity index (χ1v) is 6.72. The number of halogens is 1. The van der Waals surface area contributed by atoms with Gasteiger partial charge >= 0.3 is 0 Å². The molecule has 4 nitrogen and oxygen atoms in total. The molecule has 1 amide bonds. The lowest BCUT2D eigenvalue weighted by atomic mass is 10.1. The van der Waals surface area contributed by atoms with Crippen LogP contribution in [0.25, 0.3) is 0 Å². The highest BCUT2D eigenvalue weighted by atomic mass is 79.9. The highest BCUT2D eigenvalue weighted by molar-refractivity contribution is 9.10. The molecule has 0 radical (unpaired) electrons. The molecular weight excluding hydrogens is 318 g/mol. The van der Waals surface area contributed by atoms with E-state index in [4.69, 9.17) is 11.0 Å². The van der Waals surface area contributed by atoms with Gasteiger partial charge < -0.3 is 11.1 Å². The van der Waals surface area contributed by atoms with Crippen molar-refractivity contribution >= 4 is 27.5 Å². The molecular formula is C15H12BrN3O. The predicted molar refractivity (Wildman–Crippen MR) is 80.9 cm³/mol. The fourth-order valence-electron chi connectivity index (χ4n) is 1.71. The van der Waals surface area contributed by atoms with Crippen molar-refractivity contribution in [3.8, 4) is 6.07 Å². The van der Waals surface area contributed by atoms with E-state index < -0.39 is 6.04 Å². The first-order valence-electron chi connectivity index (χ1n) is 5.93. The van der Waals surface area contributed by atoms with Gasteiger partial charge in [0, 0.05) is 4.47 Å². The van der Waals surface area contributed by atoms with Gasteiger partial charge in [-0.15, -0.1) is 0 Å². The van der Waals surface area contributed by atoms with E-state index in [2.05, 4.69) is 21.2 Å². The molecule has 0 fully saturated rings. The summed E-state index contributed by atoms with van der Waals surface area (Å²) >= 11 is 3.32. The number of carbonyl (C=O) groups excluding carboxylic acids is 1. The summed E-state index contributed by atoms with van der Waals surface area (Å²) in [5, 5.41) is 11.5. The summed E-state index contributed by atoms with van der Waals surface area (Å²) in [6, 6.07) is 15.4. The molecule has 0 saturated heterocycles. The molecule has 100 valence electrons. The molecule has 2 rings (SSSR count). The van der Waals surface area contributed by atoms with Crippen LogP contribution in [0.2, 0.25) is 0 Å². The number of carbonyl (C=O) groups is 1. The molecule has 0 aliphatic carbocycles. The van der Waals surface area contributed by atoms with Crippen molar-refractivity contribution in [3.63, 3.8) is 0 Å². The van der Waals surface area contributed by atoms with Crippen LogP contribution < -0.4 is 11.1 Å². The quantitative estimate of drug-likeness (QED) is 0.908. The minimum Gasteiger partial charge on any atom is -0.323 e. The van der Waals surface area contributed by atoms with Crippen LogP contribution in [-0.2, 0) is 4.79 Å². The number of nitrogens with two attached hydrogens (primary N) is 1. The molecule has 0 aliphatic rings. The maximum atomic E-state index is 12.1. The lowest BCUT2D eigenvalue weighted by Crippen LogP contribution is -2.27. The monoisotopic (exact) mass is 329 g/mol. The van der Waals surface area contributed by atoms with Gasteiger partial charge in [-0.05, 0) is 39.7 Å². The van der Waals surface area contributed by atoms with Gasteiger partial charge in [-0.25, -0.2) is 0 Å². The summed E-state index contributed by atoms with van der Waals surface area (Å²) in [6.45, 7) is 0. The molecule has 0 aromatic heterocycles. The van der Waals surface area contributed by atoms with Crippen LogP contribution in [0.1, 0.15) is 17.2 Å². The van der Waals surface area contributed by atoms with Gasteiger partial charge in [0.1, 0.15) is 6.04 Å². The van der Waals surface area contributed by atoms with Crippen LogP contribution in [0.3, 0.4) is 0 Å². The Bertz CT molecular complexity index is 665. The highest BCUT2D eigenvalue weighted by Gasteiger charge is 2.16. The molecule has 0 spiro atoms. The van der Waals surface area contributed by atoms with Gasteiger partial charge in [0.05, 0.1) is 17.3 Å². The molecule has 0 bridgehead atoms. The summed E-state index contributed by atoms with van der Waals surface area (Å²) in [7, 11) is 0. The first kappa shape index (κ1) is 14.3. The molecule has 0 aliphatic heterocycles. The lowest BCUT2D eigenvalue weighted by Gasteiger charge is -2.13. The number of nitrogens with one attached hydrogen (secondary N) is 1. The molecule has 5 heteroatoms. The van der Waals surface area contributed by atoms with Crippen molar-refractivity contribution in [1.29, 1.82) is 5.26 Å². The molecule has 3 N–H and O–H groups in total. The third kappa shape index (κ3) is 3.23. The summed E-state index contributed by atoms with van der Waals surface area (Å²) in [4.78, 5) is 12.1. The van der Waals surface area contributed by atoms with E-state index in [1.807, 2.05) is 24.3 Å². The Morgan fingerprint density at radius 3 is 2.55 bits per heavy atom. The molecule has 2 aromatic carbocycles. The summed E-state index contributed by atoms with van der Waals surface area (Å²) in [6.07, 6.45) is 0. The van der Waals surface area contributed by atoms with Crippen molar-refractivity contribution < 1.29 is 4.79 Å². The number of amides is 1. The predicted octanol–water partition coefficient (Wildman–Crippen LogP) is 2.96. The minimum absolute atomic E-state index is 0.304. The minimum atomic E-state index is -0.737. The Balaban J connectivity index is 2.14. The van der Waals surface area contributed by atoms with Crippen molar-refractivity contribution in [2.24, 2.45) is 5.73 Å². The van der Waals surface area contributed by atoms with Gasteiger partial charge in [-0.3, -0.25) is 4.79 Å². The summed E-state index contributed by atoms with van der Waals surface area (Å²) < 4.78 is 0.644. The molecule has 0 heterocycles. The van der Waals surface area contributed by atoms with Crippen molar-refractivity contribution in [3.05, 3.63) is 64.1 Å². The Hall–Kier alpha value is -2.16. The average Bonchev–Trinajstić information content (AvgIpc) is 2.49. The second-order valence-electron chi connectivity index (χ2n) is 4.18. The number of hydrogen-bond donors (Lipinski definition) is 2. The van der Waals surface area contributed by atoms with Gasteiger partial charge in [0.2, 0.25) is 5.91 Å². The van der Waals surface area contributed by atoms with E-state index in [1.165, 1.54) is 0 Å². The third-order valence-corrected chi connectivity index (χ3v) is 3.45. The van der Waals surface area contributed by atoms with E-state index >= 15 is 0 Å². The molecule has 1 unspecified atom stereocenters. The SMILES string of the molecule is N#Cc1ccc(NC(=O)C(N)c2ccccc2)c(Br)c1. The topological polar surface area (TPSA) is 78.9 Å². The van der Waals surface area contributed by atoms with Crippen molar-refractivity contribution in [2.75, 3.05) is 5.32 Å². The normalized spacial score (nSPS) is 11.4. The Morgan fingerprint density at radius 1 is 1.25 bits per heavy atom. The number of nitriles is 1. The zero-order valence-electron chi connectivity index (χ0n) is 10.5.